The Bertz CT molecular complexity index is 853. The summed E-state index contributed by atoms with van der Waals surface area (Å²) in [5.41, 5.74) is -0.170. The van der Waals surface area contributed by atoms with Crippen LogP contribution < -0.4 is 4.74 Å². The van der Waals surface area contributed by atoms with Gasteiger partial charge in [-0.05, 0) is 6.07 Å². The first-order valence-electron chi connectivity index (χ1n) is 5.71. The standard InChI is InChI=1S/C12H9ClN2O6S/c1-21-10-8(6-14-12(13)11(10)22(18,19)20)7-4-2-3-5-9(7)15(16)17/h2-6H,1H3,(H,18,19,20). The van der Waals surface area contributed by atoms with E-state index in [9.17, 15) is 23.1 Å². The summed E-state index contributed by atoms with van der Waals surface area (Å²) in [5, 5.41) is 10.6. The largest absolute Gasteiger partial charge is 0.494 e. The van der Waals surface area contributed by atoms with Crippen LogP contribution in [0.25, 0.3) is 11.1 Å². The van der Waals surface area contributed by atoms with Gasteiger partial charge in [0.1, 0.15) is 0 Å². The van der Waals surface area contributed by atoms with Gasteiger partial charge in [-0.1, -0.05) is 23.7 Å². The van der Waals surface area contributed by atoms with Crippen LogP contribution in [0.4, 0.5) is 5.69 Å². The molecule has 0 fully saturated rings. The molecule has 0 atom stereocenters. The minimum Gasteiger partial charge on any atom is -0.494 e. The number of hydrogen-bond acceptors (Lipinski definition) is 6. The van der Waals surface area contributed by atoms with Crippen molar-refractivity contribution in [1.29, 1.82) is 0 Å². The van der Waals surface area contributed by atoms with Crippen LogP contribution in [0.1, 0.15) is 0 Å². The second kappa shape index (κ2) is 5.87. The molecule has 0 amide bonds. The fourth-order valence-electron chi connectivity index (χ4n) is 1.93. The number of para-hydroxylation sites is 1. The third-order valence-corrected chi connectivity index (χ3v) is 4.09. The van der Waals surface area contributed by atoms with Crippen LogP contribution in [-0.2, 0) is 10.1 Å². The molecule has 0 saturated carbocycles. The summed E-state index contributed by atoms with van der Waals surface area (Å²) in [6, 6.07) is 5.64. The van der Waals surface area contributed by atoms with E-state index in [1.807, 2.05) is 0 Å². The minimum absolute atomic E-state index is 0.0202. The molecule has 0 aliphatic heterocycles. The molecular weight excluding hydrogens is 336 g/mol. The van der Waals surface area contributed by atoms with Gasteiger partial charge in [-0.3, -0.25) is 14.7 Å². The van der Waals surface area contributed by atoms with Crippen LogP contribution in [0.15, 0.2) is 35.4 Å². The Kier molecular flexibility index (Phi) is 4.31. The van der Waals surface area contributed by atoms with Crippen molar-refractivity contribution in [3.8, 4) is 16.9 Å². The molecule has 0 radical (unpaired) electrons. The Morgan fingerprint density at radius 1 is 1.32 bits per heavy atom. The zero-order valence-corrected chi connectivity index (χ0v) is 12.6. The van der Waals surface area contributed by atoms with E-state index in [1.54, 1.807) is 0 Å². The molecule has 1 heterocycles. The number of rotatable bonds is 4. The summed E-state index contributed by atoms with van der Waals surface area (Å²) in [6.07, 6.45) is 1.14. The maximum atomic E-state index is 11.5. The number of benzene rings is 1. The summed E-state index contributed by atoms with van der Waals surface area (Å²) in [6.45, 7) is 0. The molecule has 0 bridgehead atoms. The van der Waals surface area contributed by atoms with Gasteiger partial charge in [0.15, 0.2) is 15.8 Å². The Balaban J connectivity index is 2.87. The molecule has 0 saturated heterocycles. The molecule has 8 nitrogen and oxygen atoms in total. The molecule has 0 unspecified atom stereocenters. The van der Waals surface area contributed by atoms with E-state index < -0.39 is 25.1 Å². The molecule has 1 aromatic heterocycles. The average molecular weight is 345 g/mol. The molecule has 0 aliphatic carbocycles. The molecule has 1 aromatic carbocycles. The van der Waals surface area contributed by atoms with Crippen molar-refractivity contribution < 1.29 is 22.6 Å². The number of hydrogen-bond donors (Lipinski definition) is 1. The number of methoxy groups -OCH3 is 1. The van der Waals surface area contributed by atoms with E-state index in [0.29, 0.717) is 0 Å². The van der Waals surface area contributed by atoms with Crippen LogP contribution in [0.5, 0.6) is 5.75 Å². The molecule has 2 aromatic rings. The zero-order chi connectivity index (χ0) is 16.5. The monoisotopic (exact) mass is 344 g/mol. The summed E-state index contributed by atoms with van der Waals surface area (Å²) in [5.74, 6) is -0.322. The van der Waals surface area contributed by atoms with Crippen LogP contribution in [-0.4, -0.2) is 30.0 Å². The van der Waals surface area contributed by atoms with E-state index in [2.05, 4.69) is 4.98 Å². The van der Waals surface area contributed by atoms with Gasteiger partial charge in [0.2, 0.25) is 0 Å². The van der Waals surface area contributed by atoms with E-state index in [0.717, 1.165) is 13.3 Å². The van der Waals surface area contributed by atoms with Gasteiger partial charge in [0.25, 0.3) is 5.69 Å². The van der Waals surface area contributed by atoms with Crippen LogP contribution >= 0.6 is 11.6 Å². The second-order valence-electron chi connectivity index (χ2n) is 4.07. The molecule has 22 heavy (non-hydrogen) atoms. The minimum atomic E-state index is -4.73. The highest BCUT2D eigenvalue weighted by Gasteiger charge is 2.28. The number of nitrogens with zero attached hydrogens (tertiary/aromatic N) is 2. The van der Waals surface area contributed by atoms with E-state index in [-0.39, 0.29) is 22.6 Å². The van der Waals surface area contributed by atoms with E-state index >= 15 is 0 Å². The van der Waals surface area contributed by atoms with Crippen LogP contribution in [0, 0.1) is 10.1 Å². The summed E-state index contributed by atoms with van der Waals surface area (Å²) >= 11 is 5.69. The molecular formula is C12H9ClN2O6S. The zero-order valence-electron chi connectivity index (χ0n) is 11.1. The number of pyridine rings is 1. The molecule has 0 aliphatic rings. The van der Waals surface area contributed by atoms with Crippen LogP contribution in [0.2, 0.25) is 5.15 Å². The number of aromatic nitrogens is 1. The Hall–Kier alpha value is -2.23. The third kappa shape index (κ3) is 2.86. The Labute approximate surface area is 130 Å². The molecule has 1 N–H and O–H groups in total. The highest BCUT2D eigenvalue weighted by Crippen LogP contribution is 2.41. The quantitative estimate of drug-likeness (QED) is 0.391. The lowest BCUT2D eigenvalue weighted by Gasteiger charge is -2.12. The van der Waals surface area contributed by atoms with Crippen molar-refractivity contribution in [2.75, 3.05) is 7.11 Å². The van der Waals surface area contributed by atoms with Gasteiger partial charge in [0.05, 0.1) is 23.2 Å². The smallest absolute Gasteiger partial charge is 0.301 e. The van der Waals surface area contributed by atoms with Gasteiger partial charge < -0.3 is 4.74 Å². The first kappa shape index (κ1) is 16.1. The SMILES string of the molecule is COc1c(-c2ccccc2[N+](=O)[O-])cnc(Cl)c1S(=O)(=O)O. The Morgan fingerprint density at radius 2 is 1.95 bits per heavy atom. The first-order valence-corrected chi connectivity index (χ1v) is 7.53. The van der Waals surface area contributed by atoms with Crippen molar-refractivity contribution in [2.24, 2.45) is 0 Å². The van der Waals surface area contributed by atoms with Gasteiger partial charge in [-0.15, -0.1) is 0 Å². The number of nitro benzene ring substituents is 1. The highest BCUT2D eigenvalue weighted by molar-refractivity contribution is 7.86. The molecule has 116 valence electrons. The van der Waals surface area contributed by atoms with Gasteiger partial charge in [-0.2, -0.15) is 8.42 Å². The van der Waals surface area contributed by atoms with Crippen molar-refractivity contribution in [2.45, 2.75) is 4.90 Å². The van der Waals surface area contributed by atoms with Crippen molar-refractivity contribution >= 4 is 27.4 Å². The normalized spacial score (nSPS) is 11.2. The highest BCUT2D eigenvalue weighted by atomic mass is 35.5. The number of nitro groups is 1. The van der Waals surface area contributed by atoms with Crippen molar-refractivity contribution in [3.05, 3.63) is 45.7 Å². The predicted octanol–water partition coefficient (Wildman–Crippen LogP) is 2.57. The third-order valence-electron chi connectivity index (χ3n) is 2.80. The fraction of sp³-hybridized carbons (Fsp3) is 0.0833. The van der Waals surface area contributed by atoms with E-state index in [4.69, 9.17) is 16.3 Å². The van der Waals surface area contributed by atoms with Crippen LogP contribution in [0.3, 0.4) is 0 Å². The number of halogens is 1. The fourth-order valence-corrected chi connectivity index (χ4v) is 3.05. The Morgan fingerprint density at radius 3 is 2.50 bits per heavy atom. The van der Waals surface area contributed by atoms with Gasteiger partial charge in [0, 0.05) is 12.3 Å². The van der Waals surface area contributed by atoms with E-state index in [1.165, 1.54) is 24.3 Å². The van der Waals surface area contributed by atoms with Crippen molar-refractivity contribution in [3.63, 3.8) is 0 Å². The lowest BCUT2D eigenvalue weighted by atomic mass is 10.0. The average Bonchev–Trinajstić information content (AvgIpc) is 2.45. The predicted molar refractivity (Wildman–Crippen MR) is 77.7 cm³/mol. The summed E-state index contributed by atoms with van der Waals surface area (Å²) in [4.78, 5) is 13.4. The molecule has 0 spiro atoms. The topological polar surface area (TPSA) is 120 Å². The molecule has 2 rings (SSSR count). The molecule has 10 heteroatoms. The second-order valence-corrected chi connectivity index (χ2v) is 5.79. The maximum Gasteiger partial charge on any atom is 0.301 e. The maximum absolute atomic E-state index is 11.5. The number of ether oxygens (including phenoxy) is 1. The lowest BCUT2D eigenvalue weighted by molar-refractivity contribution is -0.384. The van der Waals surface area contributed by atoms with Gasteiger partial charge >= 0.3 is 10.1 Å². The van der Waals surface area contributed by atoms with Crippen molar-refractivity contribution in [1.82, 2.24) is 4.98 Å². The first-order chi connectivity index (χ1) is 10.3. The summed E-state index contributed by atoms with van der Waals surface area (Å²) < 4.78 is 37.2. The lowest BCUT2D eigenvalue weighted by Crippen LogP contribution is -2.05. The summed E-state index contributed by atoms with van der Waals surface area (Å²) in [7, 11) is -3.58. The van der Waals surface area contributed by atoms with Gasteiger partial charge in [-0.25, -0.2) is 4.98 Å².